The number of rotatable bonds is 6. The molecule has 5 nitrogen and oxygen atoms in total. The molecule has 1 atom stereocenters. The number of carbonyl (C=O) groups excluding carboxylic acids is 3. The normalized spacial score (nSPS) is 11.7. The lowest BCUT2D eigenvalue weighted by Gasteiger charge is -2.14. The van der Waals surface area contributed by atoms with Crippen LogP contribution in [0.15, 0.2) is 28.7 Å². The van der Waals surface area contributed by atoms with Gasteiger partial charge in [-0.15, -0.1) is 0 Å². The first-order valence-electron chi connectivity index (χ1n) is 5.75. The maximum Gasteiger partial charge on any atom is 0.251 e. The van der Waals surface area contributed by atoms with Crippen molar-refractivity contribution >= 4 is 33.5 Å². The summed E-state index contributed by atoms with van der Waals surface area (Å²) < 4.78 is 0.763. The molecule has 0 aliphatic rings. The number of nitrogens with two attached hydrogens (primary N) is 1. The van der Waals surface area contributed by atoms with Gasteiger partial charge >= 0.3 is 0 Å². The van der Waals surface area contributed by atoms with Crippen LogP contribution in [-0.2, 0) is 9.59 Å². The highest BCUT2D eigenvalue weighted by atomic mass is 79.9. The van der Waals surface area contributed by atoms with Gasteiger partial charge in [-0.05, 0) is 31.5 Å². The number of nitrogens with one attached hydrogen (secondary N) is 1. The van der Waals surface area contributed by atoms with Crippen LogP contribution in [0.2, 0.25) is 0 Å². The molecule has 0 aromatic heterocycles. The Balaban J connectivity index is 2.71. The largest absolute Gasteiger partial charge is 0.368 e. The van der Waals surface area contributed by atoms with Crippen LogP contribution in [0.5, 0.6) is 0 Å². The van der Waals surface area contributed by atoms with Crippen LogP contribution in [0, 0.1) is 0 Å². The minimum Gasteiger partial charge on any atom is -0.368 e. The fraction of sp³-hybridized carbons (Fsp3) is 0.308. The predicted molar refractivity (Wildman–Crippen MR) is 74.5 cm³/mol. The summed E-state index contributed by atoms with van der Waals surface area (Å²) in [7, 11) is 0. The molecule has 102 valence electrons. The zero-order chi connectivity index (χ0) is 14.4. The SMILES string of the molecule is CC(=O)CC[C@@H](NC(=O)c1cccc(Br)c1)C(N)=O. The van der Waals surface area contributed by atoms with Crippen molar-refractivity contribution < 1.29 is 14.4 Å². The fourth-order valence-electron chi connectivity index (χ4n) is 1.50. The lowest BCUT2D eigenvalue weighted by Crippen LogP contribution is -2.44. The number of hydrogen-bond donors (Lipinski definition) is 2. The van der Waals surface area contributed by atoms with Crippen LogP contribution in [-0.4, -0.2) is 23.6 Å². The van der Waals surface area contributed by atoms with Crippen molar-refractivity contribution in [3.63, 3.8) is 0 Å². The van der Waals surface area contributed by atoms with Crippen LogP contribution in [0.25, 0.3) is 0 Å². The molecule has 19 heavy (non-hydrogen) atoms. The van der Waals surface area contributed by atoms with E-state index in [2.05, 4.69) is 21.2 Å². The average molecular weight is 327 g/mol. The van der Waals surface area contributed by atoms with E-state index in [9.17, 15) is 14.4 Å². The van der Waals surface area contributed by atoms with Gasteiger partial charge in [0.2, 0.25) is 5.91 Å². The summed E-state index contributed by atoms with van der Waals surface area (Å²) in [5, 5.41) is 2.53. The molecule has 0 saturated heterocycles. The molecular formula is C13H15BrN2O3. The third-order valence-electron chi connectivity index (χ3n) is 2.52. The summed E-state index contributed by atoms with van der Waals surface area (Å²) in [4.78, 5) is 34.1. The third kappa shape index (κ3) is 5.21. The molecule has 1 rings (SSSR count). The highest BCUT2D eigenvalue weighted by molar-refractivity contribution is 9.10. The Morgan fingerprint density at radius 2 is 2.05 bits per heavy atom. The Morgan fingerprint density at radius 1 is 1.37 bits per heavy atom. The van der Waals surface area contributed by atoms with Crippen molar-refractivity contribution in [1.29, 1.82) is 0 Å². The first-order valence-corrected chi connectivity index (χ1v) is 6.54. The number of ketones is 1. The summed E-state index contributed by atoms with van der Waals surface area (Å²) in [6.45, 7) is 1.42. The quantitative estimate of drug-likeness (QED) is 0.828. The van der Waals surface area contributed by atoms with E-state index in [1.807, 2.05) is 0 Å². The topological polar surface area (TPSA) is 89.3 Å². The summed E-state index contributed by atoms with van der Waals surface area (Å²) >= 11 is 3.26. The molecule has 0 saturated carbocycles. The molecule has 3 N–H and O–H groups in total. The van der Waals surface area contributed by atoms with Crippen molar-refractivity contribution in [2.24, 2.45) is 5.73 Å². The maximum atomic E-state index is 11.9. The molecule has 1 aromatic carbocycles. The Bertz CT molecular complexity index is 502. The molecule has 2 amide bonds. The van der Waals surface area contributed by atoms with E-state index in [1.54, 1.807) is 24.3 Å². The number of hydrogen-bond acceptors (Lipinski definition) is 3. The van der Waals surface area contributed by atoms with Crippen LogP contribution in [0.4, 0.5) is 0 Å². The molecule has 6 heteroatoms. The van der Waals surface area contributed by atoms with E-state index in [0.717, 1.165) is 4.47 Å². The second kappa shape index (κ2) is 7.04. The van der Waals surface area contributed by atoms with Crippen LogP contribution >= 0.6 is 15.9 Å². The average Bonchev–Trinajstić information content (AvgIpc) is 2.33. The Morgan fingerprint density at radius 3 is 2.58 bits per heavy atom. The first-order chi connectivity index (χ1) is 8.90. The van der Waals surface area contributed by atoms with E-state index in [4.69, 9.17) is 5.73 Å². The molecule has 0 aliphatic carbocycles. The van der Waals surface area contributed by atoms with Gasteiger partial charge < -0.3 is 15.8 Å². The smallest absolute Gasteiger partial charge is 0.251 e. The minimum absolute atomic E-state index is 0.0528. The van der Waals surface area contributed by atoms with Crippen molar-refractivity contribution in [1.82, 2.24) is 5.32 Å². The second-order valence-electron chi connectivity index (χ2n) is 4.18. The van der Waals surface area contributed by atoms with Gasteiger partial charge in [0.05, 0.1) is 0 Å². The summed E-state index contributed by atoms with van der Waals surface area (Å²) in [5.41, 5.74) is 5.62. The number of benzene rings is 1. The van der Waals surface area contributed by atoms with Crippen LogP contribution in [0.1, 0.15) is 30.1 Å². The summed E-state index contributed by atoms with van der Waals surface area (Å²) in [6, 6.07) is 5.93. The summed E-state index contributed by atoms with van der Waals surface area (Å²) in [5.74, 6) is -1.10. The van der Waals surface area contributed by atoms with Crippen LogP contribution < -0.4 is 11.1 Å². The van der Waals surface area contributed by atoms with Gasteiger partial charge in [0.1, 0.15) is 11.8 Å². The Hall–Kier alpha value is -1.69. The summed E-state index contributed by atoms with van der Waals surface area (Å²) in [6.07, 6.45) is 0.413. The maximum absolute atomic E-state index is 11.9. The van der Waals surface area contributed by atoms with Crippen molar-refractivity contribution in [2.45, 2.75) is 25.8 Å². The standard InChI is InChI=1S/C13H15BrN2O3/c1-8(17)5-6-11(12(15)18)16-13(19)9-3-2-4-10(14)7-9/h2-4,7,11H,5-6H2,1H3,(H2,15,18)(H,16,19)/t11-/m1/s1. The molecule has 0 bridgehead atoms. The lowest BCUT2D eigenvalue weighted by atomic mass is 10.1. The molecule has 1 aromatic rings. The Labute approximate surface area is 119 Å². The number of Topliss-reactive ketones (excluding diaryl/α,β-unsaturated/α-hetero) is 1. The molecule has 0 spiro atoms. The molecule has 0 heterocycles. The fourth-order valence-corrected chi connectivity index (χ4v) is 1.90. The zero-order valence-corrected chi connectivity index (χ0v) is 12.1. The number of halogens is 1. The molecule has 0 aliphatic heterocycles. The zero-order valence-electron chi connectivity index (χ0n) is 10.5. The Kier molecular flexibility index (Phi) is 5.69. The number of amides is 2. The third-order valence-corrected chi connectivity index (χ3v) is 3.01. The first kappa shape index (κ1) is 15.4. The van der Waals surface area contributed by atoms with Gasteiger partial charge in [-0.3, -0.25) is 9.59 Å². The van der Waals surface area contributed by atoms with E-state index in [1.165, 1.54) is 6.92 Å². The van der Waals surface area contributed by atoms with Gasteiger partial charge in [-0.25, -0.2) is 0 Å². The van der Waals surface area contributed by atoms with Crippen LogP contribution in [0.3, 0.4) is 0 Å². The van der Waals surface area contributed by atoms with Gasteiger partial charge in [-0.2, -0.15) is 0 Å². The van der Waals surface area contributed by atoms with E-state index in [0.29, 0.717) is 5.56 Å². The van der Waals surface area contributed by atoms with Gasteiger partial charge in [0.25, 0.3) is 5.91 Å². The van der Waals surface area contributed by atoms with Gasteiger partial charge in [0, 0.05) is 16.5 Å². The second-order valence-corrected chi connectivity index (χ2v) is 5.10. The predicted octanol–water partition coefficient (Wildman–Crippen LogP) is 1.40. The van der Waals surface area contributed by atoms with Crippen molar-refractivity contribution in [3.05, 3.63) is 34.3 Å². The highest BCUT2D eigenvalue weighted by Gasteiger charge is 2.19. The van der Waals surface area contributed by atoms with Crippen molar-refractivity contribution in [3.8, 4) is 0 Å². The van der Waals surface area contributed by atoms with E-state index in [-0.39, 0.29) is 18.6 Å². The van der Waals surface area contributed by atoms with Gasteiger partial charge in [0.15, 0.2) is 0 Å². The molecule has 0 radical (unpaired) electrons. The molecular weight excluding hydrogens is 312 g/mol. The number of carbonyl (C=O) groups is 3. The lowest BCUT2D eigenvalue weighted by molar-refractivity contribution is -0.120. The highest BCUT2D eigenvalue weighted by Crippen LogP contribution is 2.12. The monoisotopic (exact) mass is 326 g/mol. The molecule has 0 unspecified atom stereocenters. The number of primary amides is 1. The van der Waals surface area contributed by atoms with E-state index < -0.39 is 17.9 Å². The van der Waals surface area contributed by atoms with Crippen molar-refractivity contribution in [2.75, 3.05) is 0 Å². The minimum atomic E-state index is -0.838. The van der Waals surface area contributed by atoms with Gasteiger partial charge in [-0.1, -0.05) is 22.0 Å². The van der Waals surface area contributed by atoms with E-state index >= 15 is 0 Å². The molecule has 0 fully saturated rings.